The molecule has 1 unspecified atom stereocenters. The Balaban J connectivity index is 1.71. The van der Waals surface area contributed by atoms with E-state index in [0.29, 0.717) is 17.1 Å². The fraction of sp³-hybridized carbons (Fsp3) is 0.400. The van der Waals surface area contributed by atoms with E-state index >= 15 is 0 Å². The van der Waals surface area contributed by atoms with E-state index in [1.54, 1.807) is 12.1 Å². The van der Waals surface area contributed by atoms with E-state index in [2.05, 4.69) is 26.3 Å². The van der Waals surface area contributed by atoms with Crippen molar-refractivity contribution in [2.45, 2.75) is 31.8 Å². The maximum atomic E-state index is 13.5. The summed E-state index contributed by atoms with van der Waals surface area (Å²) >= 11 is 3.17. The molecule has 2 aromatic rings. The number of nitrogens with zero attached hydrogens (tertiary/aromatic N) is 2. The van der Waals surface area contributed by atoms with Crippen LogP contribution in [0.3, 0.4) is 0 Å². The molecule has 1 N–H and O–H groups in total. The molecular weight excluding hydrogens is 321 g/mol. The van der Waals surface area contributed by atoms with E-state index in [1.165, 1.54) is 17.7 Å². The second-order valence-corrected chi connectivity index (χ2v) is 6.10. The summed E-state index contributed by atoms with van der Waals surface area (Å²) in [6.45, 7) is 0.670. The third kappa shape index (κ3) is 2.65. The standard InChI is InChI=1S/C15H17BrFN3/c1-20-15-4-2-3-14(11(15)9-19-20)18-8-10-5-6-12(16)13(17)7-10/h5-7,9,14,18H,2-4,8H2,1H3. The van der Waals surface area contributed by atoms with Gasteiger partial charge in [0.25, 0.3) is 0 Å². The van der Waals surface area contributed by atoms with E-state index in [4.69, 9.17) is 0 Å². The molecule has 0 spiro atoms. The van der Waals surface area contributed by atoms with Gasteiger partial charge in [0.15, 0.2) is 0 Å². The van der Waals surface area contributed by atoms with Crippen LogP contribution in [0.5, 0.6) is 0 Å². The SMILES string of the molecule is Cn1ncc2c1CCCC2NCc1ccc(Br)c(F)c1. The molecule has 5 heteroatoms. The molecule has 3 rings (SSSR count). The molecule has 1 aliphatic carbocycles. The minimum absolute atomic E-state index is 0.213. The van der Waals surface area contributed by atoms with Crippen LogP contribution < -0.4 is 5.32 Å². The monoisotopic (exact) mass is 337 g/mol. The predicted molar refractivity (Wildman–Crippen MR) is 79.8 cm³/mol. The molecule has 0 fully saturated rings. The van der Waals surface area contributed by atoms with Crippen LogP contribution in [-0.2, 0) is 20.0 Å². The first-order valence-electron chi connectivity index (χ1n) is 6.83. The van der Waals surface area contributed by atoms with Gasteiger partial charge >= 0.3 is 0 Å². The van der Waals surface area contributed by atoms with Crippen LogP contribution in [0, 0.1) is 5.82 Å². The van der Waals surface area contributed by atoms with Crippen molar-refractivity contribution < 1.29 is 4.39 Å². The zero-order valence-corrected chi connectivity index (χ0v) is 13.0. The average molecular weight is 338 g/mol. The molecule has 1 aromatic carbocycles. The number of hydrogen-bond donors (Lipinski definition) is 1. The highest BCUT2D eigenvalue weighted by atomic mass is 79.9. The summed E-state index contributed by atoms with van der Waals surface area (Å²) in [7, 11) is 1.99. The molecule has 0 aliphatic heterocycles. The Morgan fingerprint density at radius 3 is 3.15 bits per heavy atom. The highest BCUT2D eigenvalue weighted by Crippen LogP contribution is 2.29. The molecule has 0 saturated heterocycles. The van der Waals surface area contributed by atoms with Crippen LogP contribution in [0.2, 0.25) is 0 Å². The Morgan fingerprint density at radius 1 is 1.50 bits per heavy atom. The fourth-order valence-corrected chi connectivity index (χ4v) is 3.06. The number of nitrogens with one attached hydrogen (secondary N) is 1. The summed E-state index contributed by atoms with van der Waals surface area (Å²) in [5.41, 5.74) is 3.56. The van der Waals surface area contributed by atoms with Gasteiger partial charge in [-0.3, -0.25) is 4.68 Å². The van der Waals surface area contributed by atoms with Crippen molar-refractivity contribution in [3.05, 3.63) is 51.5 Å². The van der Waals surface area contributed by atoms with Gasteiger partial charge < -0.3 is 5.32 Å². The minimum atomic E-state index is -0.213. The van der Waals surface area contributed by atoms with Gasteiger partial charge in [0.05, 0.1) is 10.7 Å². The lowest BCUT2D eigenvalue weighted by Crippen LogP contribution is -2.25. The maximum absolute atomic E-state index is 13.5. The third-order valence-electron chi connectivity index (χ3n) is 3.91. The second-order valence-electron chi connectivity index (χ2n) is 5.24. The quantitative estimate of drug-likeness (QED) is 0.929. The smallest absolute Gasteiger partial charge is 0.137 e. The predicted octanol–water partition coefficient (Wildman–Crippen LogP) is 3.49. The summed E-state index contributed by atoms with van der Waals surface area (Å²) in [5, 5.41) is 7.86. The summed E-state index contributed by atoms with van der Waals surface area (Å²) in [6, 6.07) is 5.58. The third-order valence-corrected chi connectivity index (χ3v) is 4.56. The Morgan fingerprint density at radius 2 is 2.35 bits per heavy atom. The lowest BCUT2D eigenvalue weighted by atomic mass is 9.93. The van der Waals surface area contributed by atoms with Gasteiger partial charge in [0.2, 0.25) is 0 Å². The molecule has 1 aliphatic rings. The van der Waals surface area contributed by atoms with Crippen LogP contribution in [-0.4, -0.2) is 9.78 Å². The Labute approximate surface area is 126 Å². The van der Waals surface area contributed by atoms with E-state index in [9.17, 15) is 4.39 Å². The van der Waals surface area contributed by atoms with Gasteiger partial charge in [0, 0.05) is 30.9 Å². The highest BCUT2D eigenvalue weighted by Gasteiger charge is 2.22. The van der Waals surface area contributed by atoms with Crippen molar-refractivity contribution in [2.24, 2.45) is 7.05 Å². The van der Waals surface area contributed by atoms with Gasteiger partial charge in [-0.2, -0.15) is 5.10 Å². The minimum Gasteiger partial charge on any atom is -0.306 e. The molecule has 0 bridgehead atoms. The van der Waals surface area contributed by atoms with Crippen molar-refractivity contribution in [3.8, 4) is 0 Å². The van der Waals surface area contributed by atoms with E-state index < -0.39 is 0 Å². The normalized spacial score (nSPS) is 18.1. The number of fused-ring (bicyclic) bond motifs is 1. The van der Waals surface area contributed by atoms with Crippen molar-refractivity contribution in [1.29, 1.82) is 0 Å². The summed E-state index contributed by atoms with van der Waals surface area (Å²) in [4.78, 5) is 0. The zero-order chi connectivity index (χ0) is 14.1. The van der Waals surface area contributed by atoms with E-state index in [-0.39, 0.29) is 5.82 Å². The lowest BCUT2D eigenvalue weighted by Gasteiger charge is -2.24. The van der Waals surface area contributed by atoms with E-state index in [1.807, 2.05) is 24.0 Å². The van der Waals surface area contributed by atoms with Crippen LogP contribution in [0.25, 0.3) is 0 Å². The van der Waals surface area contributed by atoms with Gasteiger partial charge in [-0.1, -0.05) is 6.07 Å². The molecule has 0 radical (unpaired) electrons. The van der Waals surface area contributed by atoms with E-state index in [0.717, 1.165) is 18.4 Å². The summed E-state index contributed by atoms with van der Waals surface area (Å²) < 4.78 is 16.0. The largest absolute Gasteiger partial charge is 0.306 e. The van der Waals surface area contributed by atoms with Crippen molar-refractivity contribution in [3.63, 3.8) is 0 Å². The highest BCUT2D eigenvalue weighted by molar-refractivity contribution is 9.10. The molecule has 0 saturated carbocycles. The molecule has 0 amide bonds. The number of rotatable bonds is 3. The number of aryl methyl sites for hydroxylation is 1. The fourth-order valence-electron chi connectivity index (χ4n) is 2.81. The molecular formula is C15H17BrFN3. The molecule has 20 heavy (non-hydrogen) atoms. The first kappa shape index (κ1) is 13.8. The van der Waals surface area contributed by atoms with Gasteiger partial charge in [-0.05, 0) is 52.9 Å². The Hall–Kier alpha value is -1.20. The summed E-state index contributed by atoms with van der Waals surface area (Å²) in [6.07, 6.45) is 5.32. The average Bonchev–Trinajstić information content (AvgIpc) is 2.83. The molecule has 1 atom stereocenters. The number of halogens is 2. The topological polar surface area (TPSA) is 29.9 Å². The van der Waals surface area contributed by atoms with Crippen LogP contribution in [0.1, 0.15) is 35.7 Å². The number of hydrogen-bond acceptors (Lipinski definition) is 2. The van der Waals surface area contributed by atoms with Crippen LogP contribution >= 0.6 is 15.9 Å². The van der Waals surface area contributed by atoms with Crippen molar-refractivity contribution in [1.82, 2.24) is 15.1 Å². The molecule has 1 heterocycles. The van der Waals surface area contributed by atoms with Crippen LogP contribution in [0.15, 0.2) is 28.9 Å². The molecule has 1 aromatic heterocycles. The van der Waals surface area contributed by atoms with Gasteiger partial charge in [-0.25, -0.2) is 4.39 Å². The number of aromatic nitrogens is 2. The Bertz CT molecular complexity index is 624. The van der Waals surface area contributed by atoms with Gasteiger partial charge in [-0.15, -0.1) is 0 Å². The lowest BCUT2D eigenvalue weighted by molar-refractivity contribution is 0.451. The second kappa shape index (κ2) is 5.66. The zero-order valence-electron chi connectivity index (χ0n) is 11.4. The maximum Gasteiger partial charge on any atom is 0.137 e. The summed E-state index contributed by atoms with van der Waals surface area (Å²) in [5.74, 6) is -0.213. The first-order valence-corrected chi connectivity index (χ1v) is 7.62. The van der Waals surface area contributed by atoms with Gasteiger partial charge in [0.1, 0.15) is 5.82 Å². The first-order chi connectivity index (χ1) is 9.65. The van der Waals surface area contributed by atoms with Crippen molar-refractivity contribution >= 4 is 15.9 Å². The molecule has 3 nitrogen and oxygen atoms in total. The molecule has 106 valence electrons. The van der Waals surface area contributed by atoms with Crippen molar-refractivity contribution in [2.75, 3.05) is 0 Å². The Kier molecular flexibility index (Phi) is 3.89. The van der Waals surface area contributed by atoms with Crippen LogP contribution in [0.4, 0.5) is 4.39 Å². The number of benzene rings is 1.